The lowest BCUT2D eigenvalue weighted by Crippen LogP contribution is -2.16. The number of tetrazole rings is 1. The Bertz CT molecular complexity index is 1460. The van der Waals surface area contributed by atoms with E-state index >= 15 is 0 Å². The Kier molecular flexibility index (Phi) is 12.0. The lowest BCUT2D eigenvalue weighted by Gasteiger charge is -2.12. The molecule has 43 heavy (non-hydrogen) atoms. The van der Waals surface area contributed by atoms with Gasteiger partial charge in [-0.3, -0.25) is 15.3 Å². The smallest absolute Gasteiger partial charge is 0.434 e. The summed E-state index contributed by atoms with van der Waals surface area (Å²) >= 11 is 6.30. The number of aryl methyl sites for hydroxylation is 1. The number of benzene rings is 2. The minimum Gasteiger partial charge on any atom is -0.434 e. The fourth-order valence-corrected chi connectivity index (χ4v) is 4.59. The summed E-state index contributed by atoms with van der Waals surface area (Å²) in [6, 6.07) is 15.7. The van der Waals surface area contributed by atoms with Crippen molar-refractivity contribution < 1.29 is 34.6 Å². The van der Waals surface area contributed by atoms with E-state index in [1.165, 1.54) is 0 Å². The first-order valence-electron chi connectivity index (χ1n) is 13.8. The van der Waals surface area contributed by atoms with Crippen LogP contribution in [0.2, 0.25) is 5.15 Å². The molecule has 4 aromatic rings. The van der Waals surface area contributed by atoms with E-state index in [1.807, 2.05) is 53.1 Å². The van der Waals surface area contributed by atoms with E-state index in [0.29, 0.717) is 36.1 Å². The number of aliphatic hydroxyl groups is 1. The number of hydrogen-bond acceptors (Lipinski definition) is 12. The zero-order valence-corrected chi connectivity index (χ0v) is 24.4. The molecule has 230 valence electrons. The zero-order valence-electron chi connectivity index (χ0n) is 23.7. The van der Waals surface area contributed by atoms with Crippen molar-refractivity contribution in [1.82, 2.24) is 35.1 Å². The number of carbonyl (C=O) groups excluding carboxylic acids is 1. The Balaban J connectivity index is 1.38. The third kappa shape index (κ3) is 9.03. The van der Waals surface area contributed by atoms with Crippen molar-refractivity contribution in [2.24, 2.45) is 0 Å². The van der Waals surface area contributed by atoms with Crippen LogP contribution in [-0.4, -0.2) is 70.0 Å². The molecule has 0 saturated carbocycles. The highest BCUT2D eigenvalue weighted by atomic mass is 35.5. The molecule has 0 aliphatic rings. The van der Waals surface area contributed by atoms with Crippen LogP contribution < -0.4 is 0 Å². The molecule has 4 rings (SSSR count). The number of imidazole rings is 1. The van der Waals surface area contributed by atoms with Crippen LogP contribution in [0, 0.1) is 0 Å². The summed E-state index contributed by atoms with van der Waals surface area (Å²) in [6.07, 6.45) is 2.78. The van der Waals surface area contributed by atoms with Gasteiger partial charge in [0.25, 0.3) is 0 Å². The maximum absolute atomic E-state index is 11.8. The number of hydrogen-bond donors (Lipinski definition) is 3. The van der Waals surface area contributed by atoms with Gasteiger partial charge in [-0.25, -0.2) is 9.78 Å². The third-order valence-corrected chi connectivity index (χ3v) is 6.80. The first-order chi connectivity index (χ1) is 20.9. The molecule has 0 aliphatic heterocycles. The molecule has 0 radical (unpaired) electrons. The van der Waals surface area contributed by atoms with Crippen LogP contribution in [0.1, 0.15) is 49.7 Å². The number of halogens is 1. The molecule has 3 N–H and O–H groups in total. The molecule has 0 aliphatic carbocycles. The van der Waals surface area contributed by atoms with E-state index in [9.17, 15) is 9.90 Å². The normalized spacial score (nSPS) is 11.3. The molecule has 0 spiro atoms. The fraction of sp³-hybridized carbons (Fsp3) is 0.393. The number of nitrogens with zero attached hydrogens (tertiary/aromatic N) is 7. The zero-order chi connectivity index (χ0) is 30.6. The van der Waals surface area contributed by atoms with Crippen LogP contribution in [0.5, 0.6) is 0 Å². The summed E-state index contributed by atoms with van der Waals surface area (Å²) in [5.41, 5.74) is 4.24. The molecule has 14 nitrogen and oxygen atoms in total. The van der Waals surface area contributed by atoms with Crippen LogP contribution in [-0.2, 0) is 40.6 Å². The third-order valence-electron chi connectivity index (χ3n) is 6.50. The van der Waals surface area contributed by atoms with E-state index in [-0.39, 0.29) is 31.9 Å². The molecule has 2 heterocycles. The molecule has 0 bridgehead atoms. The predicted molar refractivity (Wildman–Crippen MR) is 153 cm³/mol. The SMILES string of the molecule is CCCCc1nc(Cl)c(CO)n1Cc1ccc(-c2ccccc2-c2nnn(COC(=O)OCCCCON(O)O)n2)cc1. The summed E-state index contributed by atoms with van der Waals surface area (Å²) in [7, 11) is 0. The van der Waals surface area contributed by atoms with Crippen molar-refractivity contribution in [3.05, 3.63) is 70.8 Å². The first kappa shape index (κ1) is 32.0. The molecule has 0 saturated heterocycles. The highest BCUT2D eigenvalue weighted by Crippen LogP contribution is 2.30. The van der Waals surface area contributed by atoms with Gasteiger partial charge in [-0.05, 0) is 41.2 Å². The number of aliphatic hydroxyl groups excluding tert-OH is 1. The number of rotatable bonds is 16. The van der Waals surface area contributed by atoms with Crippen molar-refractivity contribution in [3.63, 3.8) is 0 Å². The van der Waals surface area contributed by atoms with Gasteiger partial charge in [0.15, 0.2) is 5.15 Å². The molecule has 2 aromatic carbocycles. The van der Waals surface area contributed by atoms with E-state index in [4.69, 9.17) is 31.5 Å². The summed E-state index contributed by atoms with van der Waals surface area (Å²) in [5, 5.41) is 39.2. The summed E-state index contributed by atoms with van der Waals surface area (Å²) in [6.45, 7) is 2.31. The van der Waals surface area contributed by atoms with Crippen LogP contribution in [0.25, 0.3) is 22.5 Å². The van der Waals surface area contributed by atoms with Crippen LogP contribution >= 0.6 is 11.6 Å². The van der Waals surface area contributed by atoms with Crippen LogP contribution in [0.4, 0.5) is 4.79 Å². The molecular weight excluding hydrogens is 582 g/mol. The van der Waals surface area contributed by atoms with Crippen molar-refractivity contribution in [3.8, 4) is 22.5 Å². The van der Waals surface area contributed by atoms with Crippen LogP contribution in [0.3, 0.4) is 0 Å². The van der Waals surface area contributed by atoms with Crippen molar-refractivity contribution >= 4 is 17.8 Å². The fourth-order valence-electron chi connectivity index (χ4n) is 4.33. The van der Waals surface area contributed by atoms with Gasteiger partial charge in [0, 0.05) is 18.5 Å². The second-order valence-electron chi connectivity index (χ2n) is 9.51. The van der Waals surface area contributed by atoms with Gasteiger partial charge in [0.2, 0.25) is 12.6 Å². The maximum atomic E-state index is 11.8. The van der Waals surface area contributed by atoms with E-state index in [2.05, 4.69) is 32.2 Å². The average Bonchev–Trinajstić information content (AvgIpc) is 3.60. The lowest BCUT2D eigenvalue weighted by molar-refractivity contribution is -0.492. The Hall–Kier alpha value is -3.92. The average molecular weight is 616 g/mol. The molecule has 0 unspecified atom stereocenters. The highest BCUT2D eigenvalue weighted by molar-refractivity contribution is 6.30. The topological polar surface area (TPSA) is 170 Å². The Morgan fingerprint density at radius 2 is 1.74 bits per heavy atom. The van der Waals surface area contributed by atoms with E-state index < -0.39 is 6.16 Å². The van der Waals surface area contributed by atoms with Crippen molar-refractivity contribution in [2.45, 2.75) is 58.9 Å². The standard InChI is InChI=1S/C28H34ClN7O7/c1-2-3-10-25-30-26(29)24(18-37)34(25)17-20-11-13-21(14-12-20)22-8-4-5-9-23(22)27-31-33-35(32-27)19-42-28(38)41-15-6-7-16-43-36(39)40/h4-5,8-9,11-14,37,39-40H,2-3,6-7,10,15-19H2,1H3. The molecule has 0 atom stereocenters. The van der Waals surface area contributed by atoms with Gasteiger partial charge >= 0.3 is 6.16 Å². The van der Waals surface area contributed by atoms with E-state index in [1.54, 1.807) is 0 Å². The van der Waals surface area contributed by atoms with Gasteiger partial charge in [-0.1, -0.05) is 73.5 Å². The van der Waals surface area contributed by atoms with Gasteiger partial charge < -0.3 is 19.1 Å². The second-order valence-corrected chi connectivity index (χ2v) is 9.86. The summed E-state index contributed by atoms with van der Waals surface area (Å²) in [4.78, 5) is 21.9. The van der Waals surface area contributed by atoms with E-state index in [0.717, 1.165) is 52.1 Å². The molecular formula is C28H34ClN7O7. The predicted octanol–water partition coefficient (Wildman–Crippen LogP) is 4.64. The van der Waals surface area contributed by atoms with Crippen LogP contribution in [0.15, 0.2) is 48.5 Å². The Morgan fingerprint density at radius 1 is 1.00 bits per heavy atom. The van der Waals surface area contributed by atoms with Gasteiger partial charge in [0.05, 0.1) is 30.9 Å². The first-order valence-corrected chi connectivity index (χ1v) is 14.2. The summed E-state index contributed by atoms with van der Waals surface area (Å²) < 4.78 is 12.0. The molecule has 0 amide bonds. The van der Waals surface area contributed by atoms with Crippen molar-refractivity contribution in [2.75, 3.05) is 13.2 Å². The largest absolute Gasteiger partial charge is 0.510 e. The Labute approximate surface area is 252 Å². The number of unbranched alkanes of at least 4 members (excludes halogenated alkanes) is 2. The maximum Gasteiger partial charge on any atom is 0.510 e. The second kappa shape index (κ2) is 16.1. The number of aromatic nitrogens is 6. The van der Waals surface area contributed by atoms with Crippen molar-refractivity contribution in [1.29, 1.82) is 0 Å². The number of carbonyl (C=O) groups is 1. The lowest BCUT2D eigenvalue weighted by atomic mass is 9.98. The summed E-state index contributed by atoms with van der Waals surface area (Å²) in [5.74, 6) is 1.22. The Morgan fingerprint density at radius 3 is 2.47 bits per heavy atom. The van der Waals surface area contributed by atoms with Gasteiger partial charge in [-0.15, -0.1) is 15.0 Å². The quantitative estimate of drug-likeness (QED) is 0.0907. The molecule has 2 aromatic heterocycles. The van der Waals surface area contributed by atoms with Gasteiger partial charge in [0.1, 0.15) is 5.82 Å². The molecule has 15 heteroatoms. The van der Waals surface area contributed by atoms with Gasteiger partial charge in [-0.2, -0.15) is 0 Å². The molecule has 0 fully saturated rings. The highest BCUT2D eigenvalue weighted by Gasteiger charge is 2.16. The minimum absolute atomic E-state index is 0.0505. The monoisotopic (exact) mass is 615 g/mol. The minimum atomic E-state index is -0.896. The number of ether oxygens (including phenoxy) is 2.